The molecular formula is C24H46O3. The zero-order valence-corrected chi connectivity index (χ0v) is 18.4. The number of carbonyl (C=O) groups is 1. The van der Waals surface area contributed by atoms with Gasteiger partial charge in [0.1, 0.15) is 0 Å². The normalized spacial score (nSPS) is 10.9. The second kappa shape index (κ2) is 21.5. The standard InChI is InChI=1S/C24H46O3/c1-4-5-6-7-8-9-10-11-14-17-20-26-21-18-15-12-13-16-19-22-27-24(25)23(2)3/h2,4-22H2,1,3H3. The Kier molecular flexibility index (Phi) is 20.8. The van der Waals surface area contributed by atoms with Crippen molar-refractivity contribution >= 4 is 5.97 Å². The summed E-state index contributed by atoms with van der Waals surface area (Å²) in [6, 6.07) is 0. The molecule has 0 radical (unpaired) electrons. The monoisotopic (exact) mass is 382 g/mol. The van der Waals surface area contributed by atoms with Crippen LogP contribution in [0.1, 0.15) is 117 Å². The molecule has 3 nitrogen and oxygen atoms in total. The molecular weight excluding hydrogens is 336 g/mol. The van der Waals surface area contributed by atoms with Gasteiger partial charge >= 0.3 is 5.97 Å². The third-order valence-electron chi connectivity index (χ3n) is 4.91. The van der Waals surface area contributed by atoms with Crippen molar-refractivity contribution < 1.29 is 14.3 Å². The Bertz CT molecular complexity index is 339. The number of unbranched alkanes of at least 4 members (excludes halogenated alkanes) is 14. The van der Waals surface area contributed by atoms with Crippen LogP contribution in [-0.4, -0.2) is 25.8 Å². The molecule has 0 unspecified atom stereocenters. The lowest BCUT2D eigenvalue weighted by Crippen LogP contribution is -2.06. The first-order valence-electron chi connectivity index (χ1n) is 11.6. The minimum absolute atomic E-state index is 0.269. The van der Waals surface area contributed by atoms with Crippen LogP contribution in [0.4, 0.5) is 0 Å². The molecule has 0 saturated heterocycles. The number of hydrogen-bond donors (Lipinski definition) is 0. The van der Waals surface area contributed by atoms with E-state index in [1.807, 2.05) is 0 Å². The SMILES string of the molecule is C=C(C)C(=O)OCCCCCCCCOCCCCCCCCCCCC. The van der Waals surface area contributed by atoms with Crippen LogP contribution >= 0.6 is 0 Å². The summed E-state index contributed by atoms with van der Waals surface area (Å²) >= 11 is 0. The molecule has 0 N–H and O–H groups in total. The van der Waals surface area contributed by atoms with Gasteiger partial charge < -0.3 is 9.47 Å². The summed E-state index contributed by atoms with van der Waals surface area (Å²) in [4.78, 5) is 11.2. The summed E-state index contributed by atoms with van der Waals surface area (Å²) in [6.45, 7) is 9.90. The van der Waals surface area contributed by atoms with E-state index in [1.165, 1.54) is 89.9 Å². The quantitative estimate of drug-likeness (QED) is 0.118. The van der Waals surface area contributed by atoms with Crippen molar-refractivity contribution in [1.29, 1.82) is 0 Å². The highest BCUT2D eigenvalue weighted by atomic mass is 16.5. The van der Waals surface area contributed by atoms with E-state index in [0.717, 1.165) is 26.1 Å². The minimum atomic E-state index is -0.269. The molecule has 0 heterocycles. The van der Waals surface area contributed by atoms with E-state index in [1.54, 1.807) is 6.92 Å². The Balaban J connectivity index is 3.05. The van der Waals surface area contributed by atoms with Gasteiger partial charge in [-0.2, -0.15) is 0 Å². The highest BCUT2D eigenvalue weighted by Crippen LogP contribution is 2.11. The van der Waals surface area contributed by atoms with Crippen LogP contribution in [0.15, 0.2) is 12.2 Å². The molecule has 0 amide bonds. The maximum atomic E-state index is 11.2. The summed E-state index contributed by atoms with van der Waals surface area (Å²) in [5, 5.41) is 0. The molecule has 0 atom stereocenters. The second-order valence-corrected chi connectivity index (χ2v) is 7.83. The minimum Gasteiger partial charge on any atom is -0.462 e. The number of esters is 1. The highest BCUT2D eigenvalue weighted by molar-refractivity contribution is 5.86. The zero-order chi connectivity index (χ0) is 20.0. The Morgan fingerprint density at radius 1 is 0.630 bits per heavy atom. The lowest BCUT2D eigenvalue weighted by molar-refractivity contribution is -0.139. The van der Waals surface area contributed by atoms with Crippen LogP contribution in [0.25, 0.3) is 0 Å². The van der Waals surface area contributed by atoms with Gasteiger partial charge in [-0.15, -0.1) is 0 Å². The maximum Gasteiger partial charge on any atom is 0.333 e. The van der Waals surface area contributed by atoms with Gasteiger partial charge in [-0.1, -0.05) is 97.0 Å². The summed E-state index contributed by atoms with van der Waals surface area (Å²) in [5.41, 5.74) is 0.479. The summed E-state index contributed by atoms with van der Waals surface area (Å²) in [6.07, 6.45) is 20.7. The van der Waals surface area contributed by atoms with E-state index >= 15 is 0 Å². The van der Waals surface area contributed by atoms with Gasteiger partial charge in [0.15, 0.2) is 0 Å². The Labute approximate surface area is 169 Å². The summed E-state index contributed by atoms with van der Waals surface area (Å²) < 4.78 is 10.8. The van der Waals surface area contributed by atoms with Crippen molar-refractivity contribution in [1.82, 2.24) is 0 Å². The van der Waals surface area contributed by atoms with E-state index < -0.39 is 0 Å². The van der Waals surface area contributed by atoms with Crippen molar-refractivity contribution in [2.45, 2.75) is 117 Å². The molecule has 0 aliphatic rings. The van der Waals surface area contributed by atoms with Gasteiger partial charge in [-0.3, -0.25) is 0 Å². The van der Waals surface area contributed by atoms with Gasteiger partial charge in [0.2, 0.25) is 0 Å². The second-order valence-electron chi connectivity index (χ2n) is 7.83. The molecule has 0 rings (SSSR count). The molecule has 0 bridgehead atoms. The first-order valence-corrected chi connectivity index (χ1v) is 11.6. The third kappa shape index (κ3) is 21.3. The molecule has 0 aromatic rings. The zero-order valence-electron chi connectivity index (χ0n) is 18.4. The molecule has 27 heavy (non-hydrogen) atoms. The van der Waals surface area contributed by atoms with Crippen LogP contribution < -0.4 is 0 Å². The van der Waals surface area contributed by atoms with Crippen LogP contribution in [0.2, 0.25) is 0 Å². The lowest BCUT2D eigenvalue weighted by Gasteiger charge is -2.06. The van der Waals surface area contributed by atoms with Gasteiger partial charge in [-0.25, -0.2) is 4.79 Å². The first-order chi connectivity index (χ1) is 13.2. The summed E-state index contributed by atoms with van der Waals surface area (Å²) in [5.74, 6) is -0.269. The molecule has 0 saturated carbocycles. The predicted molar refractivity (Wildman–Crippen MR) is 116 cm³/mol. The Morgan fingerprint density at radius 3 is 1.41 bits per heavy atom. The first kappa shape index (κ1) is 26.2. The molecule has 0 fully saturated rings. The maximum absolute atomic E-state index is 11.2. The molecule has 0 aliphatic carbocycles. The molecule has 0 spiro atoms. The van der Waals surface area contributed by atoms with E-state index in [4.69, 9.17) is 9.47 Å². The van der Waals surface area contributed by atoms with Crippen molar-refractivity contribution in [2.75, 3.05) is 19.8 Å². The molecule has 160 valence electrons. The number of rotatable bonds is 21. The number of carbonyl (C=O) groups excluding carboxylic acids is 1. The van der Waals surface area contributed by atoms with Gasteiger partial charge in [0, 0.05) is 18.8 Å². The van der Waals surface area contributed by atoms with Gasteiger partial charge in [0.05, 0.1) is 6.61 Å². The molecule has 0 aromatic heterocycles. The van der Waals surface area contributed by atoms with Crippen molar-refractivity contribution in [3.63, 3.8) is 0 Å². The van der Waals surface area contributed by atoms with Crippen molar-refractivity contribution in [3.8, 4) is 0 Å². The number of ether oxygens (including phenoxy) is 2. The fraction of sp³-hybridized carbons (Fsp3) is 0.875. The van der Waals surface area contributed by atoms with Gasteiger partial charge in [0.25, 0.3) is 0 Å². The predicted octanol–water partition coefficient (Wildman–Crippen LogP) is 7.38. The van der Waals surface area contributed by atoms with E-state index in [0.29, 0.717) is 12.2 Å². The largest absolute Gasteiger partial charge is 0.462 e. The summed E-state index contributed by atoms with van der Waals surface area (Å²) in [7, 11) is 0. The average molecular weight is 383 g/mol. The Morgan fingerprint density at radius 2 is 1.00 bits per heavy atom. The van der Waals surface area contributed by atoms with E-state index in [9.17, 15) is 4.79 Å². The topological polar surface area (TPSA) is 35.5 Å². The van der Waals surface area contributed by atoms with Crippen LogP contribution in [0, 0.1) is 0 Å². The highest BCUT2D eigenvalue weighted by Gasteiger charge is 2.01. The molecule has 0 aliphatic heterocycles. The average Bonchev–Trinajstić information content (AvgIpc) is 2.66. The van der Waals surface area contributed by atoms with Crippen LogP contribution in [0.5, 0.6) is 0 Å². The fourth-order valence-electron chi connectivity index (χ4n) is 3.09. The molecule has 0 aromatic carbocycles. The van der Waals surface area contributed by atoms with Crippen molar-refractivity contribution in [3.05, 3.63) is 12.2 Å². The third-order valence-corrected chi connectivity index (χ3v) is 4.91. The lowest BCUT2D eigenvalue weighted by atomic mass is 10.1. The number of hydrogen-bond acceptors (Lipinski definition) is 3. The van der Waals surface area contributed by atoms with Crippen molar-refractivity contribution in [2.24, 2.45) is 0 Å². The Hall–Kier alpha value is -0.830. The van der Waals surface area contributed by atoms with E-state index in [2.05, 4.69) is 13.5 Å². The smallest absolute Gasteiger partial charge is 0.333 e. The molecule has 3 heteroatoms. The van der Waals surface area contributed by atoms with Crippen LogP contribution in [0.3, 0.4) is 0 Å². The van der Waals surface area contributed by atoms with E-state index in [-0.39, 0.29) is 5.97 Å². The van der Waals surface area contributed by atoms with Crippen LogP contribution in [-0.2, 0) is 14.3 Å². The fourth-order valence-corrected chi connectivity index (χ4v) is 3.09. The van der Waals surface area contributed by atoms with Gasteiger partial charge in [-0.05, 0) is 26.2 Å².